The fourth-order valence-electron chi connectivity index (χ4n) is 6.30. The number of aromatic nitrogens is 3. The predicted octanol–water partition coefficient (Wildman–Crippen LogP) is 5.96. The highest BCUT2D eigenvalue weighted by molar-refractivity contribution is 7.17. The molecule has 7 nitrogen and oxygen atoms in total. The molecule has 8 heteroatoms. The Morgan fingerprint density at radius 1 is 1.16 bits per heavy atom. The largest absolute Gasteiger partial charge is 0.367 e. The molecule has 4 aromatic rings. The van der Waals surface area contributed by atoms with Gasteiger partial charge in [-0.25, -0.2) is 4.98 Å². The molecule has 2 amide bonds. The van der Waals surface area contributed by atoms with E-state index in [1.54, 1.807) is 0 Å². The van der Waals surface area contributed by atoms with Crippen LogP contribution in [0.25, 0.3) is 21.5 Å². The van der Waals surface area contributed by atoms with Gasteiger partial charge in [0.05, 0.1) is 15.9 Å². The number of carbonyl (C=O) groups excluding carboxylic acids is 2. The van der Waals surface area contributed by atoms with Gasteiger partial charge in [-0.15, -0.1) is 11.3 Å². The third kappa shape index (κ3) is 3.82. The van der Waals surface area contributed by atoms with Crippen molar-refractivity contribution in [2.45, 2.75) is 44.1 Å². The summed E-state index contributed by atoms with van der Waals surface area (Å²) < 4.78 is 2.20. The number of H-pyrrole nitrogens is 1. The third-order valence-corrected chi connectivity index (χ3v) is 9.46. The van der Waals surface area contributed by atoms with Crippen LogP contribution in [-0.2, 0) is 4.79 Å². The number of amides is 2. The van der Waals surface area contributed by atoms with Crippen LogP contribution in [0.5, 0.6) is 0 Å². The summed E-state index contributed by atoms with van der Waals surface area (Å²) in [7, 11) is 0. The van der Waals surface area contributed by atoms with Gasteiger partial charge < -0.3 is 14.5 Å². The highest BCUT2D eigenvalue weighted by Gasteiger charge is 2.50. The molecule has 7 rings (SSSR count). The lowest BCUT2D eigenvalue weighted by molar-refractivity contribution is -0.125. The van der Waals surface area contributed by atoms with Gasteiger partial charge in [-0.2, -0.15) is 0 Å². The minimum Gasteiger partial charge on any atom is -0.367 e. The van der Waals surface area contributed by atoms with Crippen LogP contribution < -0.4 is 5.32 Å². The fraction of sp³-hybridized carbons (Fsp3) is 0.345. The smallest absolute Gasteiger partial charge is 0.268 e. The Balaban J connectivity index is 1.13. The molecule has 0 radical (unpaired) electrons. The molecule has 1 aromatic carbocycles. The summed E-state index contributed by atoms with van der Waals surface area (Å²) >= 11 is 1.52. The number of anilines is 1. The Morgan fingerprint density at radius 3 is 2.81 bits per heavy atom. The number of rotatable bonds is 6. The third-order valence-electron chi connectivity index (χ3n) is 8.34. The summed E-state index contributed by atoms with van der Waals surface area (Å²) in [6, 6.07) is 12.2. The van der Waals surface area contributed by atoms with Gasteiger partial charge in [-0.3, -0.25) is 14.9 Å². The molecule has 1 spiro atoms. The number of carbonyl (C=O) groups is 2. The van der Waals surface area contributed by atoms with E-state index in [-0.39, 0.29) is 23.3 Å². The van der Waals surface area contributed by atoms with Crippen molar-refractivity contribution in [1.82, 2.24) is 19.4 Å². The first-order valence-corrected chi connectivity index (χ1v) is 13.8. The van der Waals surface area contributed by atoms with Crippen LogP contribution in [0.1, 0.15) is 59.3 Å². The topological polar surface area (TPSA) is 83.0 Å². The Bertz CT molecular complexity index is 1530. The van der Waals surface area contributed by atoms with E-state index in [0.29, 0.717) is 16.7 Å². The summed E-state index contributed by atoms with van der Waals surface area (Å²) in [6.45, 7) is 5.20. The van der Waals surface area contributed by atoms with Crippen LogP contribution in [-0.4, -0.2) is 44.3 Å². The second-order valence-electron chi connectivity index (χ2n) is 10.8. The molecule has 4 heterocycles. The molecular weight excluding hydrogens is 482 g/mol. The molecule has 3 aromatic heterocycles. The number of hydrogen-bond acceptors (Lipinski definition) is 4. The number of fused-ring (bicyclic) bond motifs is 1. The molecule has 2 N–H and O–H groups in total. The van der Waals surface area contributed by atoms with Crippen molar-refractivity contribution in [2.75, 3.05) is 18.4 Å². The first kappa shape index (κ1) is 22.5. The first-order chi connectivity index (χ1) is 18.0. The lowest BCUT2D eigenvalue weighted by Crippen LogP contribution is -2.42. The second kappa shape index (κ2) is 8.45. The number of aromatic amines is 1. The average Bonchev–Trinajstić information content (AvgIpc) is 3.30. The van der Waals surface area contributed by atoms with Gasteiger partial charge >= 0.3 is 0 Å². The molecule has 1 aliphatic heterocycles. The number of thiophene rings is 1. The molecule has 1 saturated heterocycles. The van der Waals surface area contributed by atoms with Crippen LogP contribution in [0.15, 0.2) is 61.4 Å². The minimum absolute atomic E-state index is 0.0144. The van der Waals surface area contributed by atoms with Crippen LogP contribution in [0.4, 0.5) is 5.95 Å². The number of nitrogens with zero attached hydrogens (tertiary/aromatic N) is 3. The van der Waals surface area contributed by atoms with Gasteiger partial charge in [-0.05, 0) is 79.3 Å². The maximum Gasteiger partial charge on any atom is 0.268 e. The Labute approximate surface area is 219 Å². The molecular formula is C29H29N5O2S. The quantitative estimate of drug-likeness (QED) is 0.313. The van der Waals surface area contributed by atoms with Gasteiger partial charge in [0.15, 0.2) is 0 Å². The molecule has 3 fully saturated rings. The molecule has 0 unspecified atom stereocenters. The highest BCUT2D eigenvalue weighted by atomic mass is 32.1. The van der Waals surface area contributed by atoms with E-state index in [1.165, 1.54) is 41.4 Å². The molecule has 3 aliphatic rings. The summed E-state index contributed by atoms with van der Waals surface area (Å²) in [6.07, 6.45) is 11.0. The molecule has 37 heavy (non-hydrogen) atoms. The average molecular weight is 512 g/mol. The van der Waals surface area contributed by atoms with E-state index in [9.17, 15) is 9.59 Å². The summed E-state index contributed by atoms with van der Waals surface area (Å²) in [5.74, 6) is 1.13. The number of nitrogens with one attached hydrogen (secondary N) is 2. The number of imidazole rings is 1. The molecule has 0 bridgehead atoms. The van der Waals surface area contributed by atoms with Crippen molar-refractivity contribution in [2.24, 2.45) is 5.41 Å². The van der Waals surface area contributed by atoms with Gasteiger partial charge in [0.1, 0.15) is 0 Å². The number of likely N-dealkylation sites (tertiary alicyclic amines) is 1. The van der Waals surface area contributed by atoms with E-state index >= 15 is 0 Å². The van der Waals surface area contributed by atoms with Gasteiger partial charge in [0.2, 0.25) is 11.9 Å². The van der Waals surface area contributed by atoms with E-state index < -0.39 is 0 Å². The summed E-state index contributed by atoms with van der Waals surface area (Å²) in [4.78, 5) is 37.2. The first-order valence-electron chi connectivity index (χ1n) is 13.0. The van der Waals surface area contributed by atoms with Gasteiger partial charge in [0.25, 0.3) is 5.91 Å². The van der Waals surface area contributed by atoms with Crippen molar-refractivity contribution in [3.63, 3.8) is 0 Å². The molecule has 2 aliphatic carbocycles. The van der Waals surface area contributed by atoms with E-state index in [2.05, 4.69) is 33.7 Å². The fourth-order valence-corrected chi connectivity index (χ4v) is 7.24. The van der Waals surface area contributed by atoms with Crippen molar-refractivity contribution in [3.8, 4) is 10.4 Å². The van der Waals surface area contributed by atoms with Crippen LogP contribution >= 0.6 is 11.3 Å². The van der Waals surface area contributed by atoms with Crippen molar-refractivity contribution >= 4 is 40.1 Å². The summed E-state index contributed by atoms with van der Waals surface area (Å²) in [5.41, 5.74) is 4.62. The monoisotopic (exact) mass is 511 g/mol. The predicted molar refractivity (Wildman–Crippen MR) is 146 cm³/mol. The normalized spacial score (nSPS) is 22.9. The van der Waals surface area contributed by atoms with E-state index in [4.69, 9.17) is 4.98 Å². The van der Waals surface area contributed by atoms with Crippen LogP contribution in [0.2, 0.25) is 0 Å². The maximum atomic E-state index is 13.4. The highest BCUT2D eigenvalue weighted by Crippen LogP contribution is 2.55. The summed E-state index contributed by atoms with van der Waals surface area (Å²) in [5, 5.41) is 3.13. The van der Waals surface area contributed by atoms with Crippen molar-refractivity contribution in [3.05, 3.63) is 71.9 Å². The van der Waals surface area contributed by atoms with Crippen molar-refractivity contribution in [1.29, 1.82) is 0 Å². The van der Waals surface area contributed by atoms with Gasteiger partial charge in [0, 0.05) is 42.0 Å². The molecule has 0 atom stereocenters. The second-order valence-corrected chi connectivity index (χ2v) is 11.9. The zero-order valence-corrected chi connectivity index (χ0v) is 21.4. The van der Waals surface area contributed by atoms with Crippen LogP contribution in [0, 0.1) is 5.41 Å². The molecule has 2 saturated carbocycles. The lowest BCUT2D eigenvalue weighted by atomic mass is 9.65. The standard InChI is InChI=1S/C29H29N5O2S/c1-2-26(35)33-12-11-29(17-33)13-19(14-29)34-23-6-4-3-5-22(23)31-28(34)32-27(36)25-10-9-24(37-25)21-16-30-15-20(21)18-7-8-18/h2-6,9-10,15-16,18-19,30H,1,7-8,11-14,17H2,(H,31,32,36). The number of hydrogen-bond donors (Lipinski definition) is 2. The Hall–Kier alpha value is -3.65. The zero-order chi connectivity index (χ0) is 25.1. The van der Waals surface area contributed by atoms with Gasteiger partial charge in [-0.1, -0.05) is 18.7 Å². The molecule has 188 valence electrons. The number of para-hydroxylation sites is 2. The van der Waals surface area contributed by atoms with Crippen LogP contribution in [0.3, 0.4) is 0 Å². The maximum absolute atomic E-state index is 13.4. The zero-order valence-electron chi connectivity index (χ0n) is 20.6. The van der Waals surface area contributed by atoms with E-state index in [1.807, 2.05) is 41.4 Å². The van der Waals surface area contributed by atoms with E-state index in [0.717, 1.165) is 48.3 Å². The Kier molecular flexibility index (Phi) is 5.15. The Morgan fingerprint density at radius 2 is 2.00 bits per heavy atom. The SMILES string of the molecule is C=CC(=O)N1CCC2(CC(n3c(NC(=O)c4ccc(-c5c[nH]cc5C5CC5)s4)nc4ccccc43)C2)C1. The minimum atomic E-state index is -0.131. The lowest BCUT2D eigenvalue weighted by Gasteiger charge is -2.46. The number of benzene rings is 1. The van der Waals surface area contributed by atoms with Crippen molar-refractivity contribution < 1.29 is 9.59 Å².